The van der Waals surface area contributed by atoms with Crippen LogP contribution >= 0.6 is 15.9 Å². The minimum atomic E-state index is -0.282. The van der Waals surface area contributed by atoms with Gasteiger partial charge >= 0.3 is 0 Å². The molecule has 74 valence electrons. The van der Waals surface area contributed by atoms with Gasteiger partial charge in [-0.05, 0) is 24.3 Å². The Balaban J connectivity index is 2.23. The summed E-state index contributed by atoms with van der Waals surface area (Å²) in [6, 6.07) is 5.98. The van der Waals surface area contributed by atoms with Gasteiger partial charge in [0.05, 0.1) is 0 Å². The second-order valence-corrected chi connectivity index (χ2v) is 4.58. The first kappa shape index (κ1) is 9.65. The maximum Gasteiger partial charge on any atom is 0.228 e. The Hall–Kier alpha value is -0.900. The van der Waals surface area contributed by atoms with Gasteiger partial charge in [-0.2, -0.15) is 0 Å². The zero-order valence-corrected chi connectivity index (χ0v) is 9.00. The van der Waals surface area contributed by atoms with Gasteiger partial charge in [0.1, 0.15) is 5.82 Å². The largest absolute Gasteiger partial charge is 0.311 e. The van der Waals surface area contributed by atoms with Gasteiger partial charge in [-0.3, -0.25) is 4.79 Å². The third-order valence-corrected chi connectivity index (χ3v) is 2.83. The Morgan fingerprint density at radius 2 is 2.00 bits per heavy atom. The maximum absolute atomic E-state index is 12.6. The second-order valence-electron chi connectivity index (χ2n) is 3.28. The lowest BCUT2D eigenvalue weighted by Gasteiger charge is -2.15. The smallest absolute Gasteiger partial charge is 0.228 e. The van der Waals surface area contributed by atoms with Gasteiger partial charge in [0.2, 0.25) is 5.91 Å². The van der Waals surface area contributed by atoms with E-state index in [-0.39, 0.29) is 16.6 Å². The fourth-order valence-electron chi connectivity index (χ4n) is 1.53. The first-order valence-electron chi connectivity index (χ1n) is 4.37. The van der Waals surface area contributed by atoms with Gasteiger partial charge in [0.15, 0.2) is 0 Å². The number of amides is 1. The molecular formula is C10H9BrFNO. The summed E-state index contributed by atoms with van der Waals surface area (Å²) in [6.45, 7) is 0.657. The molecule has 0 saturated carbocycles. The van der Waals surface area contributed by atoms with Crippen molar-refractivity contribution in [1.82, 2.24) is 0 Å². The summed E-state index contributed by atoms with van der Waals surface area (Å²) >= 11 is 3.39. The average molecular weight is 258 g/mol. The fourth-order valence-corrected chi connectivity index (χ4v) is 2.10. The monoisotopic (exact) mass is 257 g/mol. The average Bonchev–Trinajstić information content (AvgIpc) is 2.47. The van der Waals surface area contributed by atoms with Crippen molar-refractivity contribution in [3.8, 4) is 0 Å². The molecule has 1 atom stereocenters. The molecule has 0 aromatic heterocycles. The molecule has 14 heavy (non-hydrogen) atoms. The third-order valence-electron chi connectivity index (χ3n) is 2.22. The Bertz CT molecular complexity index is 352. The molecule has 1 aliphatic heterocycles. The number of carbonyl (C=O) groups is 1. The molecular weight excluding hydrogens is 249 g/mol. The molecule has 1 aliphatic rings. The van der Waals surface area contributed by atoms with Crippen molar-refractivity contribution in [2.75, 3.05) is 11.4 Å². The van der Waals surface area contributed by atoms with E-state index in [1.54, 1.807) is 17.0 Å². The molecule has 1 aromatic carbocycles. The summed E-state index contributed by atoms with van der Waals surface area (Å²) in [5.74, 6) is -0.200. The Labute approximate surface area is 89.8 Å². The molecule has 1 fully saturated rings. The van der Waals surface area contributed by atoms with Crippen LogP contribution in [0, 0.1) is 5.82 Å². The van der Waals surface area contributed by atoms with Crippen LogP contribution in [0.2, 0.25) is 0 Å². The van der Waals surface area contributed by atoms with Crippen molar-refractivity contribution in [1.29, 1.82) is 0 Å². The lowest BCUT2D eigenvalue weighted by molar-refractivity contribution is -0.117. The summed E-state index contributed by atoms with van der Waals surface area (Å²) in [5, 5.41) is 0. The minimum Gasteiger partial charge on any atom is -0.311 e. The number of rotatable bonds is 1. The van der Waals surface area contributed by atoms with E-state index < -0.39 is 0 Å². The molecule has 1 amide bonds. The second kappa shape index (κ2) is 3.69. The third kappa shape index (κ3) is 1.80. The van der Waals surface area contributed by atoms with E-state index in [0.717, 1.165) is 5.69 Å². The Morgan fingerprint density at radius 1 is 1.36 bits per heavy atom. The number of hydrogen-bond donors (Lipinski definition) is 0. The summed E-state index contributed by atoms with van der Waals surface area (Å²) < 4.78 is 12.6. The van der Waals surface area contributed by atoms with Crippen LogP contribution in [0.25, 0.3) is 0 Å². The fraction of sp³-hybridized carbons (Fsp3) is 0.300. The highest BCUT2D eigenvalue weighted by atomic mass is 79.9. The molecule has 0 spiro atoms. The van der Waals surface area contributed by atoms with Crippen molar-refractivity contribution in [2.24, 2.45) is 0 Å². The van der Waals surface area contributed by atoms with Crippen LogP contribution in [-0.4, -0.2) is 17.3 Å². The van der Waals surface area contributed by atoms with E-state index in [4.69, 9.17) is 0 Å². The lowest BCUT2D eigenvalue weighted by atomic mass is 10.3. The normalized spacial score (nSPS) is 21.7. The molecule has 2 rings (SSSR count). The zero-order chi connectivity index (χ0) is 10.1. The van der Waals surface area contributed by atoms with Crippen molar-refractivity contribution in [3.63, 3.8) is 0 Å². The molecule has 0 radical (unpaired) electrons. The maximum atomic E-state index is 12.6. The van der Waals surface area contributed by atoms with E-state index >= 15 is 0 Å². The van der Waals surface area contributed by atoms with E-state index in [2.05, 4.69) is 15.9 Å². The van der Waals surface area contributed by atoms with Gasteiger partial charge in [-0.15, -0.1) is 0 Å². The van der Waals surface area contributed by atoms with Crippen LogP contribution < -0.4 is 4.90 Å². The van der Waals surface area contributed by atoms with E-state index in [1.165, 1.54) is 12.1 Å². The predicted octanol–water partition coefficient (Wildman–Crippen LogP) is 2.33. The Morgan fingerprint density at radius 3 is 2.50 bits per heavy atom. The molecule has 1 heterocycles. The SMILES string of the molecule is O=C1CC(Br)CN1c1ccc(F)cc1. The number of alkyl halides is 1. The summed E-state index contributed by atoms with van der Waals surface area (Å²) in [7, 11) is 0. The van der Waals surface area contributed by atoms with Crippen molar-refractivity contribution >= 4 is 27.5 Å². The molecule has 1 saturated heterocycles. The zero-order valence-electron chi connectivity index (χ0n) is 7.41. The molecule has 4 heteroatoms. The van der Waals surface area contributed by atoms with Gasteiger partial charge in [-0.25, -0.2) is 4.39 Å². The minimum absolute atomic E-state index is 0.0819. The van der Waals surface area contributed by atoms with Gasteiger partial charge in [-0.1, -0.05) is 15.9 Å². The van der Waals surface area contributed by atoms with E-state index in [9.17, 15) is 9.18 Å². The van der Waals surface area contributed by atoms with Gasteiger partial charge in [0, 0.05) is 23.5 Å². The number of halogens is 2. The number of benzene rings is 1. The van der Waals surface area contributed by atoms with Crippen LogP contribution in [0.1, 0.15) is 6.42 Å². The van der Waals surface area contributed by atoms with Crippen molar-refractivity contribution in [2.45, 2.75) is 11.2 Å². The highest BCUT2D eigenvalue weighted by Gasteiger charge is 2.28. The molecule has 0 aliphatic carbocycles. The summed E-state index contributed by atoms with van der Waals surface area (Å²) in [6.07, 6.45) is 0.511. The molecule has 0 bridgehead atoms. The van der Waals surface area contributed by atoms with E-state index in [0.29, 0.717) is 13.0 Å². The highest BCUT2D eigenvalue weighted by Crippen LogP contribution is 2.24. The standard InChI is InChI=1S/C10H9BrFNO/c11-7-5-10(14)13(6-7)9-3-1-8(12)2-4-9/h1-4,7H,5-6H2. The predicted molar refractivity (Wildman–Crippen MR) is 56.1 cm³/mol. The molecule has 1 aromatic rings. The molecule has 2 nitrogen and oxygen atoms in total. The summed E-state index contributed by atoms with van der Waals surface area (Å²) in [5.41, 5.74) is 0.762. The number of anilines is 1. The van der Waals surface area contributed by atoms with E-state index in [1.807, 2.05) is 0 Å². The topological polar surface area (TPSA) is 20.3 Å². The first-order chi connectivity index (χ1) is 6.66. The first-order valence-corrected chi connectivity index (χ1v) is 5.28. The van der Waals surface area contributed by atoms with Crippen LogP contribution in [0.4, 0.5) is 10.1 Å². The highest BCUT2D eigenvalue weighted by molar-refractivity contribution is 9.09. The van der Waals surface area contributed by atoms with Crippen LogP contribution in [0.3, 0.4) is 0 Å². The number of carbonyl (C=O) groups excluding carboxylic acids is 1. The summed E-state index contributed by atoms with van der Waals surface area (Å²) in [4.78, 5) is 13.3. The van der Waals surface area contributed by atoms with Crippen LogP contribution in [0.15, 0.2) is 24.3 Å². The molecule has 1 unspecified atom stereocenters. The van der Waals surface area contributed by atoms with Crippen LogP contribution in [0.5, 0.6) is 0 Å². The van der Waals surface area contributed by atoms with Gasteiger partial charge in [0.25, 0.3) is 0 Å². The van der Waals surface area contributed by atoms with Crippen molar-refractivity contribution < 1.29 is 9.18 Å². The molecule has 0 N–H and O–H groups in total. The van der Waals surface area contributed by atoms with Crippen LogP contribution in [-0.2, 0) is 4.79 Å². The lowest BCUT2D eigenvalue weighted by Crippen LogP contribution is -2.24. The number of hydrogen-bond acceptors (Lipinski definition) is 1. The number of nitrogens with zero attached hydrogens (tertiary/aromatic N) is 1. The van der Waals surface area contributed by atoms with Gasteiger partial charge < -0.3 is 4.90 Å². The quantitative estimate of drug-likeness (QED) is 0.708. The Kier molecular flexibility index (Phi) is 2.54. The van der Waals surface area contributed by atoms with Crippen molar-refractivity contribution in [3.05, 3.63) is 30.1 Å².